The Kier molecular flexibility index (Phi) is 3.09. The Bertz CT molecular complexity index is 667. The van der Waals surface area contributed by atoms with Gasteiger partial charge in [0.15, 0.2) is 0 Å². The minimum absolute atomic E-state index is 0.345. The van der Waals surface area contributed by atoms with E-state index in [9.17, 15) is 0 Å². The number of nitrogens with zero attached hydrogens (tertiary/aromatic N) is 1. The maximum Gasteiger partial charge on any atom is 0.0507 e. The number of hydrogen-bond donors (Lipinski definition) is 1. The summed E-state index contributed by atoms with van der Waals surface area (Å²) < 4.78 is 0. The van der Waals surface area contributed by atoms with Crippen LogP contribution in [-0.2, 0) is 12.0 Å². The Morgan fingerprint density at radius 1 is 1.30 bits per heavy atom. The van der Waals surface area contributed by atoms with Crippen LogP contribution in [0.1, 0.15) is 61.9 Å². The van der Waals surface area contributed by atoms with E-state index in [0.29, 0.717) is 17.9 Å². The quantitative estimate of drug-likeness (QED) is 0.907. The first-order chi connectivity index (χ1) is 9.48. The molecule has 0 saturated heterocycles. The van der Waals surface area contributed by atoms with Gasteiger partial charge in [0, 0.05) is 18.1 Å². The zero-order valence-corrected chi connectivity index (χ0v) is 13.0. The number of rotatable bonds is 3. The van der Waals surface area contributed by atoms with Crippen LogP contribution in [0.25, 0.3) is 10.8 Å². The van der Waals surface area contributed by atoms with Gasteiger partial charge in [-0.2, -0.15) is 0 Å². The monoisotopic (exact) mass is 268 g/mol. The smallest absolute Gasteiger partial charge is 0.0507 e. The van der Waals surface area contributed by atoms with Crippen molar-refractivity contribution >= 4 is 10.8 Å². The van der Waals surface area contributed by atoms with Crippen LogP contribution in [0.2, 0.25) is 0 Å². The molecule has 2 nitrogen and oxygen atoms in total. The molecule has 0 amide bonds. The molecule has 106 valence electrons. The lowest BCUT2D eigenvalue weighted by molar-refractivity contribution is 0.766. The van der Waals surface area contributed by atoms with Crippen LogP contribution in [0.5, 0.6) is 0 Å². The van der Waals surface area contributed by atoms with E-state index in [1.807, 2.05) is 6.20 Å². The fourth-order valence-electron chi connectivity index (χ4n) is 3.28. The third kappa shape index (κ3) is 1.94. The van der Waals surface area contributed by atoms with Crippen LogP contribution in [0.4, 0.5) is 0 Å². The van der Waals surface area contributed by atoms with E-state index in [0.717, 1.165) is 0 Å². The van der Waals surface area contributed by atoms with Crippen LogP contribution >= 0.6 is 0 Å². The van der Waals surface area contributed by atoms with E-state index in [2.05, 4.69) is 44.8 Å². The summed E-state index contributed by atoms with van der Waals surface area (Å²) >= 11 is 0. The van der Waals surface area contributed by atoms with Crippen molar-refractivity contribution in [3.05, 3.63) is 40.7 Å². The molecule has 1 saturated carbocycles. The average molecular weight is 268 g/mol. The largest absolute Gasteiger partial charge is 0.326 e. The second-order valence-corrected chi connectivity index (χ2v) is 6.74. The van der Waals surface area contributed by atoms with Gasteiger partial charge in [-0.05, 0) is 65.3 Å². The SMILES string of the molecule is Cc1c(CN)c(C2(C)CC2)cc2c(C(C)C)nccc12. The van der Waals surface area contributed by atoms with Crippen molar-refractivity contribution in [2.24, 2.45) is 5.73 Å². The van der Waals surface area contributed by atoms with Crippen molar-refractivity contribution in [2.45, 2.75) is 58.4 Å². The van der Waals surface area contributed by atoms with Gasteiger partial charge in [-0.3, -0.25) is 4.98 Å². The molecule has 0 spiro atoms. The molecule has 3 rings (SSSR count). The van der Waals surface area contributed by atoms with Crippen LogP contribution < -0.4 is 5.73 Å². The maximum absolute atomic E-state index is 6.05. The van der Waals surface area contributed by atoms with Gasteiger partial charge in [0.05, 0.1) is 5.69 Å². The number of nitrogens with two attached hydrogens (primary N) is 1. The van der Waals surface area contributed by atoms with E-state index in [4.69, 9.17) is 5.73 Å². The highest BCUT2D eigenvalue weighted by Crippen LogP contribution is 2.50. The zero-order chi connectivity index (χ0) is 14.5. The van der Waals surface area contributed by atoms with Crippen molar-refractivity contribution in [2.75, 3.05) is 0 Å². The summed E-state index contributed by atoms with van der Waals surface area (Å²) in [6.45, 7) is 9.63. The van der Waals surface area contributed by atoms with Crippen molar-refractivity contribution in [3.63, 3.8) is 0 Å². The number of benzene rings is 1. The molecule has 1 aliphatic rings. The molecule has 0 atom stereocenters. The van der Waals surface area contributed by atoms with Crippen molar-refractivity contribution in [1.29, 1.82) is 0 Å². The molecule has 1 aliphatic carbocycles. The maximum atomic E-state index is 6.05. The number of fused-ring (bicyclic) bond motifs is 1. The second kappa shape index (κ2) is 4.56. The minimum atomic E-state index is 0.345. The van der Waals surface area contributed by atoms with E-state index in [1.54, 1.807) is 0 Å². The highest BCUT2D eigenvalue weighted by molar-refractivity contribution is 5.90. The summed E-state index contributed by atoms with van der Waals surface area (Å²) in [4.78, 5) is 4.62. The summed E-state index contributed by atoms with van der Waals surface area (Å²) in [5.74, 6) is 0.446. The predicted octanol–water partition coefficient (Wildman–Crippen LogP) is 4.18. The normalized spacial score (nSPS) is 16.9. The molecule has 20 heavy (non-hydrogen) atoms. The lowest BCUT2D eigenvalue weighted by atomic mass is 9.86. The molecule has 0 bridgehead atoms. The van der Waals surface area contributed by atoms with Gasteiger partial charge in [-0.15, -0.1) is 0 Å². The van der Waals surface area contributed by atoms with Gasteiger partial charge in [0.2, 0.25) is 0 Å². The Hall–Kier alpha value is -1.41. The molecule has 0 aliphatic heterocycles. The first-order valence-corrected chi connectivity index (χ1v) is 7.59. The molecule has 1 aromatic heterocycles. The molecule has 0 unspecified atom stereocenters. The summed E-state index contributed by atoms with van der Waals surface area (Å²) in [6, 6.07) is 4.51. The van der Waals surface area contributed by atoms with Crippen molar-refractivity contribution < 1.29 is 0 Å². The molecule has 1 fully saturated rings. The fourth-order valence-corrected chi connectivity index (χ4v) is 3.28. The van der Waals surface area contributed by atoms with Gasteiger partial charge in [0.1, 0.15) is 0 Å². The number of aryl methyl sites for hydroxylation is 1. The fraction of sp³-hybridized carbons (Fsp3) is 0.500. The summed E-state index contributed by atoms with van der Waals surface area (Å²) in [7, 11) is 0. The van der Waals surface area contributed by atoms with Crippen LogP contribution in [0, 0.1) is 6.92 Å². The molecule has 1 heterocycles. The second-order valence-electron chi connectivity index (χ2n) is 6.74. The minimum Gasteiger partial charge on any atom is -0.326 e. The van der Waals surface area contributed by atoms with Crippen LogP contribution in [-0.4, -0.2) is 4.98 Å². The van der Waals surface area contributed by atoms with E-state index in [1.165, 1.54) is 46.0 Å². The topological polar surface area (TPSA) is 38.9 Å². The first-order valence-electron chi connectivity index (χ1n) is 7.59. The Morgan fingerprint density at radius 2 is 2.00 bits per heavy atom. The number of pyridine rings is 1. The number of hydrogen-bond acceptors (Lipinski definition) is 2. The van der Waals surface area contributed by atoms with Gasteiger partial charge in [-0.1, -0.05) is 20.8 Å². The molecule has 2 N–H and O–H groups in total. The molecule has 2 aromatic rings. The Labute approximate surface area is 121 Å². The summed E-state index contributed by atoms with van der Waals surface area (Å²) in [5, 5.41) is 2.64. The van der Waals surface area contributed by atoms with Gasteiger partial charge in [0.25, 0.3) is 0 Å². The van der Waals surface area contributed by atoms with Crippen molar-refractivity contribution in [1.82, 2.24) is 4.98 Å². The van der Waals surface area contributed by atoms with Gasteiger partial charge >= 0.3 is 0 Å². The molecular weight excluding hydrogens is 244 g/mol. The van der Waals surface area contributed by atoms with Gasteiger partial charge in [-0.25, -0.2) is 0 Å². The third-order valence-electron chi connectivity index (χ3n) is 4.89. The highest BCUT2D eigenvalue weighted by atomic mass is 14.7. The lowest BCUT2D eigenvalue weighted by Gasteiger charge is -2.20. The van der Waals surface area contributed by atoms with E-state index < -0.39 is 0 Å². The Morgan fingerprint density at radius 3 is 2.55 bits per heavy atom. The van der Waals surface area contributed by atoms with Gasteiger partial charge < -0.3 is 5.73 Å². The summed E-state index contributed by atoms with van der Waals surface area (Å²) in [5.41, 5.74) is 11.8. The van der Waals surface area contributed by atoms with E-state index >= 15 is 0 Å². The zero-order valence-electron chi connectivity index (χ0n) is 13.0. The number of aromatic nitrogens is 1. The highest BCUT2D eigenvalue weighted by Gasteiger charge is 2.41. The molecule has 0 radical (unpaired) electrons. The average Bonchev–Trinajstić information content (AvgIpc) is 3.17. The summed E-state index contributed by atoms with van der Waals surface area (Å²) in [6.07, 6.45) is 4.49. The third-order valence-corrected chi connectivity index (χ3v) is 4.89. The first kappa shape index (κ1) is 13.6. The van der Waals surface area contributed by atoms with Crippen LogP contribution in [0.15, 0.2) is 18.3 Å². The molecule has 1 aromatic carbocycles. The van der Waals surface area contributed by atoms with Crippen LogP contribution in [0.3, 0.4) is 0 Å². The Balaban J connectivity index is 2.37. The lowest BCUT2D eigenvalue weighted by Crippen LogP contribution is -2.12. The molecular formula is C18H24N2. The molecule has 2 heteroatoms. The predicted molar refractivity (Wildman–Crippen MR) is 85.0 cm³/mol. The standard InChI is InChI=1S/C18H24N2/c1-11(2)17-14-9-16(18(4)6-7-18)15(10-19)12(3)13(14)5-8-20-17/h5,8-9,11H,6-7,10,19H2,1-4H3. The van der Waals surface area contributed by atoms with E-state index in [-0.39, 0.29) is 0 Å². The van der Waals surface area contributed by atoms with Crippen molar-refractivity contribution in [3.8, 4) is 0 Å².